The molecule has 1 saturated heterocycles. The zero-order chi connectivity index (χ0) is 15.6. The molecule has 0 saturated carbocycles. The molecule has 1 fully saturated rings. The molecule has 0 atom stereocenters. The number of imide groups is 1. The van der Waals surface area contributed by atoms with Gasteiger partial charge < -0.3 is 4.90 Å². The van der Waals surface area contributed by atoms with Gasteiger partial charge in [0.1, 0.15) is 6.54 Å². The highest BCUT2D eigenvalue weighted by Crippen LogP contribution is 2.13. The summed E-state index contributed by atoms with van der Waals surface area (Å²) in [5.41, 5.74) is 1.66. The summed E-state index contributed by atoms with van der Waals surface area (Å²) < 4.78 is 24.3. The van der Waals surface area contributed by atoms with Crippen molar-refractivity contribution in [3.05, 3.63) is 35.4 Å². The van der Waals surface area contributed by atoms with Gasteiger partial charge in [-0.1, -0.05) is 24.3 Å². The number of hydrogen-bond donors (Lipinski definition) is 0. The van der Waals surface area contributed by atoms with Gasteiger partial charge in [-0.2, -0.15) is 0 Å². The lowest BCUT2D eigenvalue weighted by Gasteiger charge is -2.14. The number of urea groups is 1. The molecule has 3 amide bonds. The van der Waals surface area contributed by atoms with E-state index in [1.165, 1.54) is 11.9 Å². The van der Waals surface area contributed by atoms with Crippen molar-refractivity contribution in [3.8, 4) is 0 Å². The molecule has 1 aliphatic rings. The number of benzene rings is 1. The number of hydrogen-bond acceptors (Lipinski definition) is 4. The van der Waals surface area contributed by atoms with Gasteiger partial charge in [-0.05, 0) is 18.1 Å². The summed E-state index contributed by atoms with van der Waals surface area (Å²) in [6.45, 7) is 1.78. The zero-order valence-electron chi connectivity index (χ0n) is 12.1. The molecule has 0 N–H and O–H groups in total. The molecule has 0 bridgehead atoms. The van der Waals surface area contributed by atoms with Crippen molar-refractivity contribution in [2.24, 2.45) is 0 Å². The first kappa shape index (κ1) is 15.5. The SMILES string of the molecule is Cc1ccccc1CS(=O)(=O)CCN1C(=O)CN(C)C1=O. The summed E-state index contributed by atoms with van der Waals surface area (Å²) in [6, 6.07) is 6.83. The first-order valence-corrected chi connectivity index (χ1v) is 8.43. The second kappa shape index (κ2) is 5.85. The minimum atomic E-state index is -3.37. The van der Waals surface area contributed by atoms with Crippen LogP contribution in [0.3, 0.4) is 0 Å². The molecule has 6 nitrogen and oxygen atoms in total. The summed E-state index contributed by atoms with van der Waals surface area (Å²) in [4.78, 5) is 25.5. The van der Waals surface area contributed by atoms with E-state index in [1.807, 2.05) is 19.1 Å². The molecule has 2 rings (SSSR count). The normalized spacial score (nSPS) is 15.9. The minimum absolute atomic E-state index is 0.0106. The molecule has 114 valence electrons. The van der Waals surface area contributed by atoms with Gasteiger partial charge in [0.15, 0.2) is 9.84 Å². The Morgan fingerprint density at radius 3 is 2.43 bits per heavy atom. The zero-order valence-corrected chi connectivity index (χ0v) is 12.9. The first-order chi connectivity index (χ1) is 9.80. The van der Waals surface area contributed by atoms with Crippen molar-refractivity contribution in [1.82, 2.24) is 9.80 Å². The van der Waals surface area contributed by atoms with E-state index in [2.05, 4.69) is 0 Å². The average molecular weight is 310 g/mol. The van der Waals surface area contributed by atoms with Gasteiger partial charge in [-0.3, -0.25) is 9.69 Å². The molecular formula is C14H18N2O4S. The quantitative estimate of drug-likeness (QED) is 0.754. The van der Waals surface area contributed by atoms with Gasteiger partial charge in [-0.25, -0.2) is 13.2 Å². The van der Waals surface area contributed by atoms with Crippen molar-refractivity contribution >= 4 is 21.8 Å². The van der Waals surface area contributed by atoms with Gasteiger partial charge in [-0.15, -0.1) is 0 Å². The van der Waals surface area contributed by atoms with Crippen LogP contribution in [0.2, 0.25) is 0 Å². The highest BCUT2D eigenvalue weighted by Gasteiger charge is 2.34. The summed E-state index contributed by atoms with van der Waals surface area (Å²) in [5.74, 6) is -0.646. The molecule has 0 spiro atoms. The Hall–Kier alpha value is -1.89. The van der Waals surface area contributed by atoms with Crippen LogP contribution < -0.4 is 0 Å². The highest BCUT2D eigenvalue weighted by molar-refractivity contribution is 7.90. The molecule has 1 heterocycles. The van der Waals surface area contributed by atoms with Crippen LogP contribution >= 0.6 is 0 Å². The summed E-state index contributed by atoms with van der Waals surface area (Å²) in [7, 11) is -1.86. The third kappa shape index (κ3) is 3.60. The van der Waals surface area contributed by atoms with Gasteiger partial charge in [0.2, 0.25) is 5.91 Å². The Kier molecular flexibility index (Phi) is 4.32. The van der Waals surface area contributed by atoms with Crippen LogP contribution in [-0.2, 0) is 20.4 Å². The van der Waals surface area contributed by atoms with Crippen molar-refractivity contribution in [3.63, 3.8) is 0 Å². The molecule has 0 radical (unpaired) electrons. The van der Waals surface area contributed by atoms with E-state index in [-0.39, 0.29) is 30.5 Å². The number of carbonyl (C=O) groups is 2. The minimum Gasteiger partial charge on any atom is -0.318 e. The molecule has 1 aromatic rings. The number of sulfone groups is 1. The van der Waals surface area contributed by atoms with Gasteiger partial charge in [0, 0.05) is 13.6 Å². The number of amides is 3. The molecule has 0 unspecified atom stereocenters. The van der Waals surface area contributed by atoms with Crippen LogP contribution in [0.4, 0.5) is 4.79 Å². The maximum absolute atomic E-state index is 12.1. The van der Waals surface area contributed by atoms with Crippen molar-refractivity contribution in [2.75, 3.05) is 25.9 Å². The number of nitrogens with zero attached hydrogens (tertiary/aromatic N) is 2. The van der Waals surface area contributed by atoms with Gasteiger partial charge >= 0.3 is 6.03 Å². The first-order valence-electron chi connectivity index (χ1n) is 6.60. The van der Waals surface area contributed by atoms with E-state index >= 15 is 0 Å². The molecule has 21 heavy (non-hydrogen) atoms. The highest BCUT2D eigenvalue weighted by atomic mass is 32.2. The molecule has 7 heteroatoms. The molecule has 1 aliphatic heterocycles. The number of aryl methyl sites for hydroxylation is 1. The molecule has 0 aliphatic carbocycles. The predicted octanol–water partition coefficient (Wildman–Crippen LogP) is 0.804. The van der Waals surface area contributed by atoms with Gasteiger partial charge in [0.25, 0.3) is 0 Å². The van der Waals surface area contributed by atoms with E-state index in [0.717, 1.165) is 16.0 Å². The Morgan fingerprint density at radius 1 is 1.19 bits per heavy atom. The number of rotatable bonds is 5. The van der Waals surface area contributed by atoms with Crippen molar-refractivity contribution < 1.29 is 18.0 Å². The Bertz CT molecular complexity index is 669. The van der Waals surface area contributed by atoms with E-state index in [4.69, 9.17) is 0 Å². The van der Waals surface area contributed by atoms with Crippen LogP contribution in [0.15, 0.2) is 24.3 Å². The monoisotopic (exact) mass is 310 g/mol. The number of likely N-dealkylation sites (N-methyl/N-ethyl adjacent to an activating group) is 1. The number of carbonyl (C=O) groups excluding carboxylic acids is 2. The van der Waals surface area contributed by atoms with E-state index in [1.54, 1.807) is 12.1 Å². The van der Waals surface area contributed by atoms with E-state index in [9.17, 15) is 18.0 Å². The predicted molar refractivity (Wildman–Crippen MR) is 78.4 cm³/mol. The Labute approximate surface area is 124 Å². The molecule has 0 aromatic heterocycles. The van der Waals surface area contributed by atoms with Crippen LogP contribution in [0.25, 0.3) is 0 Å². The fraction of sp³-hybridized carbons (Fsp3) is 0.429. The van der Waals surface area contributed by atoms with Crippen LogP contribution in [0, 0.1) is 6.92 Å². The fourth-order valence-electron chi connectivity index (χ4n) is 2.20. The molecule has 1 aromatic carbocycles. The Balaban J connectivity index is 2.01. The lowest BCUT2D eigenvalue weighted by molar-refractivity contribution is -0.125. The summed E-state index contributed by atoms with van der Waals surface area (Å²) in [5, 5.41) is 0. The standard InChI is InChI=1S/C14H18N2O4S/c1-11-5-3-4-6-12(11)10-21(19,20)8-7-16-13(17)9-15(2)14(16)18/h3-6H,7-10H2,1-2H3. The van der Waals surface area contributed by atoms with Gasteiger partial charge in [0.05, 0.1) is 11.5 Å². The maximum atomic E-state index is 12.1. The van der Waals surface area contributed by atoms with Crippen LogP contribution in [0.5, 0.6) is 0 Å². The van der Waals surface area contributed by atoms with Crippen LogP contribution in [0.1, 0.15) is 11.1 Å². The van der Waals surface area contributed by atoms with E-state index < -0.39 is 15.9 Å². The topological polar surface area (TPSA) is 74.8 Å². The fourth-order valence-corrected chi connectivity index (χ4v) is 3.60. The largest absolute Gasteiger partial charge is 0.326 e. The maximum Gasteiger partial charge on any atom is 0.326 e. The van der Waals surface area contributed by atoms with Crippen molar-refractivity contribution in [2.45, 2.75) is 12.7 Å². The second-order valence-electron chi connectivity index (χ2n) is 5.20. The average Bonchev–Trinajstić information content (AvgIpc) is 2.64. The van der Waals surface area contributed by atoms with Crippen molar-refractivity contribution in [1.29, 1.82) is 0 Å². The van der Waals surface area contributed by atoms with Crippen LogP contribution in [-0.4, -0.2) is 56.0 Å². The Morgan fingerprint density at radius 2 is 1.86 bits per heavy atom. The lowest BCUT2D eigenvalue weighted by Crippen LogP contribution is -2.35. The van der Waals surface area contributed by atoms with E-state index in [0.29, 0.717) is 0 Å². The third-order valence-corrected chi connectivity index (χ3v) is 5.05. The smallest absolute Gasteiger partial charge is 0.318 e. The summed E-state index contributed by atoms with van der Waals surface area (Å²) in [6.07, 6.45) is 0. The second-order valence-corrected chi connectivity index (χ2v) is 7.39. The summed E-state index contributed by atoms with van der Waals surface area (Å²) >= 11 is 0. The molecular weight excluding hydrogens is 292 g/mol. The lowest BCUT2D eigenvalue weighted by atomic mass is 10.1. The third-order valence-electron chi connectivity index (χ3n) is 3.49.